The van der Waals surface area contributed by atoms with E-state index in [0.29, 0.717) is 19.4 Å². The molecule has 1 aliphatic rings. The highest BCUT2D eigenvalue weighted by molar-refractivity contribution is 5.76. The first-order valence-electron chi connectivity index (χ1n) is 7.17. The molecule has 0 N–H and O–H groups in total. The number of para-hydroxylation sites is 1. The van der Waals surface area contributed by atoms with Crippen molar-refractivity contribution in [3.8, 4) is 5.75 Å². The Hall–Kier alpha value is -2.30. The molecule has 0 aliphatic carbocycles. The molecule has 0 saturated heterocycles. The van der Waals surface area contributed by atoms with Gasteiger partial charge in [0.15, 0.2) is 0 Å². The standard InChI is InChI=1S/C16H19N3O2/c1-21-14-5-3-2-4-13(14)6-7-16(20)19-11-10-18-9-8-17-15(18)12-19/h2-5,8-9H,6-7,10-12H2,1H3. The van der Waals surface area contributed by atoms with Crippen LogP contribution in [-0.2, 0) is 24.3 Å². The number of aryl methyl sites for hydroxylation is 1. The lowest BCUT2D eigenvalue weighted by atomic mass is 10.1. The molecule has 0 radical (unpaired) electrons. The van der Waals surface area contributed by atoms with Gasteiger partial charge in [-0.05, 0) is 18.1 Å². The van der Waals surface area contributed by atoms with Crippen LogP contribution >= 0.6 is 0 Å². The second-order valence-electron chi connectivity index (χ2n) is 5.16. The van der Waals surface area contributed by atoms with Crippen LogP contribution in [0.15, 0.2) is 36.7 Å². The fraction of sp³-hybridized carbons (Fsp3) is 0.375. The van der Waals surface area contributed by atoms with Crippen molar-refractivity contribution in [3.63, 3.8) is 0 Å². The van der Waals surface area contributed by atoms with E-state index >= 15 is 0 Å². The van der Waals surface area contributed by atoms with Crippen molar-refractivity contribution >= 4 is 5.91 Å². The van der Waals surface area contributed by atoms with E-state index < -0.39 is 0 Å². The van der Waals surface area contributed by atoms with Crippen LogP contribution in [0.2, 0.25) is 0 Å². The molecule has 1 aromatic carbocycles. The Balaban J connectivity index is 1.60. The number of fused-ring (bicyclic) bond motifs is 1. The maximum Gasteiger partial charge on any atom is 0.223 e. The highest BCUT2D eigenvalue weighted by atomic mass is 16.5. The van der Waals surface area contributed by atoms with Gasteiger partial charge >= 0.3 is 0 Å². The average molecular weight is 285 g/mol. The summed E-state index contributed by atoms with van der Waals surface area (Å²) in [5.41, 5.74) is 1.08. The molecule has 1 amide bonds. The third-order valence-corrected chi connectivity index (χ3v) is 3.90. The molecular weight excluding hydrogens is 266 g/mol. The lowest BCUT2D eigenvalue weighted by Gasteiger charge is -2.27. The van der Waals surface area contributed by atoms with Crippen molar-refractivity contribution in [3.05, 3.63) is 48.0 Å². The Morgan fingerprint density at radius 1 is 1.33 bits per heavy atom. The summed E-state index contributed by atoms with van der Waals surface area (Å²) in [7, 11) is 1.66. The zero-order valence-corrected chi connectivity index (χ0v) is 12.2. The maximum absolute atomic E-state index is 12.4. The number of ether oxygens (including phenoxy) is 1. The summed E-state index contributed by atoms with van der Waals surface area (Å²) in [5, 5.41) is 0. The summed E-state index contributed by atoms with van der Waals surface area (Å²) < 4.78 is 7.42. The van der Waals surface area contributed by atoms with Gasteiger partial charge in [-0.15, -0.1) is 0 Å². The van der Waals surface area contributed by atoms with Gasteiger partial charge in [0.1, 0.15) is 11.6 Å². The minimum atomic E-state index is 0.176. The van der Waals surface area contributed by atoms with Gasteiger partial charge in [0.25, 0.3) is 0 Å². The smallest absolute Gasteiger partial charge is 0.223 e. The number of imidazole rings is 1. The van der Waals surface area contributed by atoms with Gasteiger partial charge in [-0.2, -0.15) is 0 Å². The predicted octanol–water partition coefficient (Wildman–Crippen LogP) is 1.87. The first-order valence-corrected chi connectivity index (χ1v) is 7.17. The molecule has 0 spiro atoms. The maximum atomic E-state index is 12.4. The van der Waals surface area contributed by atoms with E-state index in [1.165, 1.54) is 0 Å². The van der Waals surface area contributed by atoms with Gasteiger partial charge in [-0.3, -0.25) is 4.79 Å². The van der Waals surface area contributed by atoms with Crippen molar-refractivity contribution in [2.45, 2.75) is 25.9 Å². The number of carbonyl (C=O) groups is 1. The minimum Gasteiger partial charge on any atom is -0.496 e. The minimum absolute atomic E-state index is 0.176. The molecule has 0 unspecified atom stereocenters. The molecular formula is C16H19N3O2. The number of benzene rings is 1. The largest absolute Gasteiger partial charge is 0.496 e. The van der Waals surface area contributed by atoms with Crippen molar-refractivity contribution in [2.24, 2.45) is 0 Å². The number of carbonyl (C=O) groups excluding carboxylic acids is 1. The normalized spacial score (nSPS) is 13.9. The molecule has 1 aromatic heterocycles. The lowest BCUT2D eigenvalue weighted by molar-refractivity contribution is -0.132. The lowest BCUT2D eigenvalue weighted by Crippen LogP contribution is -2.38. The number of hydrogen-bond donors (Lipinski definition) is 0. The molecule has 0 atom stereocenters. The molecule has 3 rings (SSSR count). The Morgan fingerprint density at radius 3 is 3.05 bits per heavy atom. The number of hydrogen-bond acceptors (Lipinski definition) is 3. The van der Waals surface area contributed by atoms with Crippen molar-refractivity contribution in [1.82, 2.24) is 14.5 Å². The molecule has 5 heteroatoms. The van der Waals surface area contributed by atoms with Crippen LogP contribution in [0.4, 0.5) is 0 Å². The van der Waals surface area contributed by atoms with Crippen LogP contribution in [0, 0.1) is 0 Å². The molecule has 1 aliphatic heterocycles. The van der Waals surface area contributed by atoms with Crippen molar-refractivity contribution < 1.29 is 9.53 Å². The monoisotopic (exact) mass is 285 g/mol. The predicted molar refractivity (Wildman–Crippen MR) is 79.0 cm³/mol. The summed E-state index contributed by atoms with van der Waals surface area (Å²) in [5.74, 6) is 1.99. The summed E-state index contributed by atoms with van der Waals surface area (Å²) >= 11 is 0. The molecule has 0 bridgehead atoms. The zero-order valence-electron chi connectivity index (χ0n) is 12.2. The van der Waals surface area contributed by atoms with E-state index in [4.69, 9.17) is 4.74 Å². The third kappa shape index (κ3) is 2.91. The number of nitrogens with zero attached hydrogens (tertiary/aromatic N) is 3. The number of methoxy groups -OCH3 is 1. The molecule has 21 heavy (non-hydrogen) atoms. The Morgan fingerprint density at radius 2 is 2.19 bits per heavy atom. The van der Waals surface area contributed by atoms with Gasteiger partial charge in [-0.1, -0.05) is 18.2 Å². The number of amides is 1. The fourth-order valence-corrected chi connectivity index (χ4v) is 2.70. The Kier molecular flexibility index (Phi) is 3.90. The molecule has 0 fully saturated rings. The highest BCUT2D eigenvalue weighted by Crippen LogP contribution is 2.20. The van der Waals surface area contributed by atoms with E-state index in [2.05, 4.69) is 9.55 Å². The van der Waals surface area contributed by atoms with Crippen LogP contribution in [0.25, 0.3) is 0 Å². The van der Waals surface area contributed by atoms with Gasteiger partial charge in [-0.25, -0.2) is 4.98 Å². The summed E-state index contributed by atoms with van der Waals surface area (Å²) in [4.78, 5) is 18.5. The fourth-order valence-electron chi connectivity index (χ4n) is 2.70. The topological polar surface area (TPSA) is 47.4 Å². The van der Waals surface area contributed by atoms with E-state index in [1.54, 1.807) is 13.3 Å². The summed E-state index contributed by atoms with van der Waals surface area (Å²) in [6.45, 7) is 2.20. The van der Waals surface area contributed by atoms with Gasteiger partial charge < -0.3 is 14.2 Å². The van der Waals surface area contributed by atoms with Crippen LogP contribution in [-0.4, -0.2) is 34.0 Å². The molecule has 5 nitrogen and oxygen atoms in total. The third-order valence-electron chi connectivity index (χ3n) is 3.90. The van der Waals surface area contributed by atoms with E-state index in [1.807, 2.05) is 35.4 Å². The number of aromatic nitrogens is 2. The Bertz CT molecular complexity index is 636. The second kappa shape index (κ2) is 5.99. The van der Waals surface area contributed by atoms with Gasteiger partial charge in [0, 0.05) is 31.9 Å². The Labute approximate surface area is 124 Å². The molecule has 2 aromatic rings. The summed E-state index contributed by atoms with van der Waals surface area (Å²) in [6.07, 6.45) is 4.96. The number of rotatable bonds is 4. The van der Waals surface area contributed by atoms with Crippen LogP contribution < -0.4 is 4.74 Å². The zero-order chi connectivity index (χ0) is 14.7. The van der Waals surface area contributed by atoms with Crippen molar-refractivity contribution in [1.29, 1.82) is 0 Å². The highest BCUT2D eigenvalue weighted by Gasteiger charge is 2.21. The summed E-state index contributed by atoms with van der Waals surface area (Å²) in [6, 6.07) is 7.85. The first-order chi connectivity index (χ1) is 10.3. The van der Waals surface area contributed by atoms with E-state index in [9.17, 15) is 4.79 Å². The second-order valence-corrected chi connectivity index (χ2v) is 5.16. The van der Waals surface area contributed by atoms with Gasteiger partial charge in [0.05, 0.1) is 13.7 Å². The SMILES string of the molecule is COc1ccccc1CCC(=O)N1CCn2ccnc2C1. The van der Waals surface area contributed by atoms with Crippen LogP contribution in [0.5, 0.6) is 5.75 Å². The van der Waals surface area contributed by atoms with Crippen LogP contribution in [0.1, 0.15) is 17.8 Å². The van der Waals surface area contributed by atoms with Gasteiger partial charge in [0.2, 0.25) is 5.91 Å². The average Bonchev–Trinajstić information content (AvgIpc) is 3.00. The van der Waals surface area contributed by atoms with E-state index in [0.717, 1.165) is 30.2 Å². The molecule has 110 valence electrons. The quantitative estimate of drug-likeness (QED) is 0.861. The molecule has 0 saturated carbocycles. The molecule has 2 heterocycles. The first kappa shape index (κ1) is 13.7. The van der Waals surface area contributed by atoms with Crippen LogP contribution in [0.3, 0.4) is 0 Å². The van der Waals surface area contributed by atoms with Crippen molar-refractivity contribution in [2.75, 3.05) is 13.7 Å². The van der Waals surface area contributed by atoms with E-state index in [-0.39, 0.29) is 5.91 Å².